The summed E-state index contributed by atoms with van der Waals surface area (Å²) >= 11 is 13.9. The Balaban J connectivity index is 1.94. The molecular formula is C18H22Cl2N4OS. The van der Waals surface area contributed by atoms with Crippen molar-refractivity contribution in [3.05, 3.63) is 28.2 Å². The third-order valence-corrected chi connectivity index (χ3v) is 5.97. The highest BCUT2D eigenvalue weighted by Gasteiger charge is 2.25. The Morgan fingerprint density at radius 2 is 2.04 bits per heavy atom. The van der Waals surface area contributed by atoms with E-state index >= 15 is 0 Å². The van der Waals surface area contributed by atoms with Gasteiger partial charge in [0.05, 0.1) is 10.8 Å². The molecule has 1 fully saturated rings. The minimum absolute atomic E-state index is 0.00164. The van der Waals surface area contributed by atoms with Crippen LogP contribution in [-0.4, -0.2) is 33.0 Å². The normalized spacial score (nSPS) is 15.2. The number of amides is 1. The number of hydrogen-bond donors (Lipinski definition) is 1. The Labute approximate surface area is 167 Å². The summed E-state index contributed by atoms with van der Waals surface area (Å²) in [4.78, 5) is 11.8. The van der Waals surface area contributed by atoms with E-state index in [0.717, 1.165) is 29.4 Å². The molecule has 1 amide bonds. The van der Waals surface area contributed by atoms with Gasteiger partial charge in [0.25, 0.3) is 0 Å². The van der Waals surface area contributed by atoms with Gasteiger partial charge in [0, 0.05) is 23.2 Å². The van der Waals surface area contributed by atoms with Crippen molar-refractivity contribution in [2.75, 3.05) is 12.3 Å². The minimum atomic E-state index is 0.00164. The molecule has 0 bridgehead atoms. The van der Waals surface area contributed by atoms with E-state index in [-0.39, 0.29) is 5.91 Å². The van der Waals surface area contributed by atoms with Crippen LogP contribution in [0.1, 0.15) is 45.1 Å². The molecule has 1 aliphatic rings. The largest absolute Gasteiger partial charge is 0.356 e. The number of hydrogen-bond acceptors (Lipinski definition) is 4. The Bertz CT molecular complexity index is 775. The summed E-state index contributed by atoms with van der Waals surface area (Å²) in [5.41, 5.74) is 0.819. The van der Waals surface area contributed by atoms with Crippen LogP contribution in [0.4, 0.5) is 0 Å². The third-order valence-electron chi connectivity index (χ3n) is 4.48. The van der Waals surface area contributed by atoms with Gasteiger partial charge in [-0.1, -0.05) is 54.2 Å². The van der Waals surface area contributed by atoms with E-state index in [4.69, 9.17) is 23.2 Å². The molecule has 5 nitrogen and oxygen atoms in total. The maximum absolute atomic E-state index is 11.8. The summed E-state index contributed by atoms with van der Waals surface area (Å²) in [5, 5.41) is 13.5. The van der Waals surface area contributed by atoms with E-state index in [9.17, 15) is 4.79 Å². The Morgan fingerprint density at radius 3 is 2.73 bits per heavy atom. The van der Waals surface area contributed by atoms with Crippen molar-refractivity contribution in [1.29, 1.82) is 0 Å². The first-order valence-electron chi connectivity index (χ1n) is 8.90. The van der Waals surface area contributed by atoms with Crippen LogP contribution >= 0.6 is 35.0 Å². The number of carbonyl (C=O) groups excluding carboxylic acids is 1. The lowest BCUT2D eigenvalue weighted by Crippen LogP contribution is -2.24. The maximum Gasteiger partial charge on any atom is 0.230 e. The summed E-state index contributed by atoms with van der Waals surface area (Å²) in [7, 11) is 0. The Kier molecular flexibility index (Phi) is 6.84. The number of aromatic nitrogens is 3. The van der Waals surface area contributed by atoms with Crippen LogP contribution in [0.3, 0.4) is 0 Å². The van der Waals surface area contributed by atoms with Gasteiger partial charge in [-0.2, -0.15) is 0 Å². The van der Waals surface area contributed by atoms with Crippen LogP contribution in [0.2, 0.25) is 10.0 Å². The minimum Gasteiger partial charge on any atom is -0.356 e. The fourth-order valence-electron chi connectivity index (χ4n) is 3.28. The fourth-order valence-corrected chi connectivity index (χ4v) is 4.61. The molecule has 26 heavy (non-hydrogen) atoms. The van der Waals surface area contributed by atoms with Crippen LogP contribution in [-0.2, 0) is 4.79 Å². The molecule has 0 aliphatic heterocycles. The molecule has 1 heterocycles. The zero-order chi connectivity index (χ0) is 18.5. The number of halogens is 2. The number of rotatable bonds is 6. The molecule has 140 valence electrons. The van der Waals surface area contributed by atoms with Crippen molar-refractivity contribution in [2.24, 2.45) is 0 Å². The molecule has 2 aromatic rings. The summed E-state index contributed by atoms with van der Waals surface area (Å²) in [5.74, 6) is 1.08. The lowest BCUT2D eigenvalue weighted by molar-refractivity contribution is -0.118. The van der Waals surface area contributed by atoms with E-state index in [1.807, 2.05) is 19.1 Å². The fraction of sp³-hybridized carbons (Fsp3) is 0.500. The van der Waals surface area contributed by atoms with Crippen LogP contribution in [0.5, 0.6) is 0 Å². The Hall–Kier alpha value is -1.24. The van der Waals surface area contributed by atoms with Crippen LogP contribution < -0.4 is 5.32 Å². The molecule has 0 radical (unpaired) electrons. The molecule has 1 aromatic carbocycles. The van der Waals surface area contributed by atoms with Gasteiger partial charge >= 0.3 is 0 Å². The van der Waals surface area contributed by atoms with Gasteiger partial charge in [-0.25, -0.2) is 0 Å². The molecule has 0 spiro atoms. The highest BCUT2D eigenvalue weighted by molar-refractivity contribution is 7.99. The second kappa shape index (κ2) is 9.11. The molecule has 8 heteroatoms. The van der Waals surface area contributed by atoms with Gasteiger partial charge in [-0.05, 0) is 38.0 Å². The topological polar surface area (TPSA) is 59.8 Å². The SMILES string of the molecule is CCNC(=O)CSc1nnc(-c2ccc(Cl)cc2Cl)n1C1CCCCC1. The van der Waals surface area contributed by atoms with Gasteiger partial charge in [-0.15, -0.1) is 10.2 Å². The van der Waals surface area contributed by atoms with Crippen molar-refractivity contribution >= 4 is 40.9 Å². The van der Waals surface area contributed by atoms with E-state index in [1.54, 1.807) is 6.07 Å². The first-order chi connectivity index (χ1) is 12.6. The Morgan fingerprint density at radius 1 is 1.27 bits per heavy atom. The standard InChI is InChI=1S/C18H22Cl2N4OS/c1-2-21-16(25)11-26-18-23-22-17(14-9-8-12(19)10-15(14)20)24(18)13-6-4-3-5-7-13/h8-10,13H,2-7,11H2,1H3,(H,21,25). The number of carbonyl (C=O) groups is 1. The first-order valence-corrected chi connectivity index (χ1v) is 10.6. The van der Waals surface area contributed by atoms with E-state index < -0.39 is 0 Å². The molecule has 1 aliphatic carbocycles. The zero-order valence-electron chi connectivity index (χ0n) is 14.7. The van der Waals surface area contributed by atoms with Crippen LogP contribution in [0.25, 0.3) is 11.4 Å². The number of thioether (sulfide) groups is 1. The third kappa shape index (κ3) is 4.53. The highest BCUT2D eigenvalue weighted by atomic mass is 35.5. The van der Waals surface area contributed by atoms with Crippen molar-refractivity contribution in [2.45, 2.75) is 50.2 Å². The lowest BCUT2D eigenvalue weighted by atomic mass is 9.95. The summed E-state index contributed by atoms with van der Waals surface area (Å²) in [6.07, 6.45) is 5.82. The predicted octanol–water partition coefficient (Wildman–Crippen LogP) is 4.99. The summed E-state index contributed by atoms with van der Waals surface area (Å²) < 4.78 is 2.16. The van der Waals surface area contributed by atoms with Crippen LogP contribution in [0, 0.1) is 0 Å². The number of nitrogens with one attached hydrogen (secondary N) is 1. The molecule has 3 rings (SSSR count). The first kappa shape index (κ1) is 19.5. The van der Waals surface area contributed by atoms with Gasteiger partial charge in [0.15, 0.2) is 11.0 Å². The summed E-state index contributed by atoms with van der Waals surface area (Å²) in [6.45, 7) is 2.54. The van der Waals surface area contributed by atoms with Crippen LogP contribution in [0.15, 0.2) is 23.4 Å². The van der Waals surface area contributed by atoms with Crippen molar-refractivity contribution in [3.63, 3.8) is 0 Å². The molecule has 0 saturated heterocycles. The predicted molar refractivity (Wildman–Crippen MR) is 107 cm³/mol. The van der Waals surface area contributed by atoms with E-state index in [1.165, 1.54) is 31.0 Å². The smallest absolute Gasteiger partial charge is 0.230 e. The van der Waals surface area contributed by atoms with Gasteiger partial charge in [0.1, 0.15) is 0 Å². The van der Waals surface area contributed by atoms with Gasteiger partial charge in [-0.3, -0.25) is 9.36 Å². The van der Waals surface area contributed by atoms with E-state index in [0.29, 0.717) is 28.4 Å². The maximum atomic E-state index is 11.8. The monoisotopic (exact) mass is 412 g/mol. The average molecular weight is 413 g/mol. The average Bonchev–Trinajstić information content (AvgIpc) is 3.04. The van der Waals surface area contributed by atoms with Crippen molar-refractivity contribution in [1.82, 2.24) is 20.1 Å². The van der Waals surface area contributed by atoms with Crippen molar-refractivity contribution in [3.8, 4) is 11.4 Å². The molecule has 1 saturated carbocycles. The number of benzene rings is 1. The second-order valence-corrected chi connectivity index (χ2v) is 8.12. The van der Waals surface area contributed by atoms with Crippen molar-refractivity contribution < 1.29 is 4.79 Å². The molecule has 0 unspecified atom stereocenters. The molecule has 1 aromatic heterocycles. The highest BCUT2D eigenvalue weighted by Crippen LogP contribution is 2.37. The quantitative estimate of drug-likeness (QED) is 0.679. The second-order valence-electron chi connectivity index (χ2n) is 6.33. The molecule has 1 N–H and O–H groups in total. The molecular weight excluding hydrogens is 391 g/mol. The summed E-state index contributed by atoms with van der Waals surface area (Å²) in [6, 6.07) is 5.74. The lowest BCUT2D eigenvalue weighted by Gasteiger charge is -2.25. The zero-order valence-corrected chi connectivity index (χ0v) is 17.0. The van der Waals surface area contributed by atoms with Gasteiger partial charge in [0.2, 0.25) is 5.91 Å². The van der Waals surface area contributed by atoms with Gasteiger partial charge < -0.3 is 5.32 Å². The molecule has 0 atom stereocenters. The number of nitrogens with zero attached hydrogens (tertiary/aromatic N) is 3. The van der Waals surface area contributed by atoms with E-state index in [2.05, 4.69) is 20.1 Å².